The predicted molar refractivity (Wildman–Crippen MR) is 107 cm³/mol. The summed E-state index contributed by atoms with van der Waals surface area (Å²) < 4.78 is 0. The minimum absolute atomic E-state index is 0.153. The molecule has 0 saturated carbocycles. The van der Waals surface area contributed by atoms with Crippen molar-refractivity contribution in [1.82, 2.24) is 0 Å². The van der Waals surface area contributed by atoms with Crippen LogP contribution in [-0.2, 0) is 0 Å². The zero-order chi connectivity index (χ0) is 18.6. The molecule has 0 bridgehead atoms. The highest BCUT2D eigenvalue weighted by molar-refractivity contribution is 7.17. The van der Waals surface area contributed by atoms with Crippen LogP contribution in [0.15, 0.2) is 22.1 Å². The number of aliphatic imine (C=N–C) groups is 2. The molecule has 6 heteroatoms. The lowest BCUT2D eigenvalue weighted by atomic mass is 9.89. The van der Waals surface area contributed by atoms with Gasteiger partial charge in [0.2, 0.25) is 0 Å². The van der Waals surface area contributed by atoms with Gasteiger partial charge in [0.15, 0.2) is 0 Å². The fraction of sp³-hybridized carbons (Fsp3) is 0.579. The fourth-order valence-electron chi connectivity index (χ4n) is 2.43. The van der Waals surface area contributed by atoms with Gasteiger partial charge in [-0.15, -0.1) is 11.3 Å². The first-order valence-corrected chi connectivity index (χ1v) is 9.54. The van der Waals surface area contributed by atoms with Crippen LogP contribution in [-0.4, -0.2) is 34.3 Å². The minimum Gasteiger partial charge on any atom is -0.390 e. The smallest absolute Gasteiger partial charge is 0.131 e. The zero-order valence-electron chi connectivity index (χ0n) is 15.5. The fourth-order valence-corrected chi connectivity index (χ4v) is 3.53. The van der Waals surface area contributed by atoms with Gasteiger partial charge in [0, 0.05) is 23.2 Å². The molecule has 2 heterocycles. The maximum Gasteiger partial charge on any atom is 0.131 e. The quantitative estimate of drug-likeness (QED) is 0.671. The Hall–Kier alpha value is -1.34. The molecule has 25 heavy (non-hydrogen) atoms. The van der Waals surface area contributed by atoms with Crippen molar-refractivity contribution in [1.29, 1.82) is 0 Å². The number of nitrogens with two attached hydrogens (primary N) is 1. The number of nitrogens with zero attached hydrogens (tertiary/aromatic N) is 2. The van der Waals surface area contributed by atoms with Gasteiger partial charge in [-0.2, -0.15) is 0 Å². The Morgan fingerprint density at radius 1 is 1.52 bits per heavy atom. The Labute approximate surface area is 154 Å². The minimum atomic E-state index is -1.05. The van der Waals surface area contributed by atoms with E-state index in [0.717, 1.165) is 47.0 Å². The van der Waals surface area contributed by atoms with Crippen molar-refractivity contribution in [3.05, 3.63) is 22.6 Å². The number of thiophene rings is 1. The van der Waals surface area contributed by atoms with Crippen molar-refractivity contribution in [2.45, 2.75) is 58.8 Å². The van der Waals surface area contributed by atoms with Gasteiger partial charge in [0.25, 0.3) is 0 Å². The normalized spacial score (nSPS) is 20.1. The second-order valence-electron chi connectivity index (χ2n) is 7.24. The van der Waals surface area contributed by atoms with Crippen molar-refractivity contribution < 1.29 is 10.2 Å². The molecule has 0 saturated heterocycles. The largest absolute Gasteiger partial charge is 0.390 e. The van der Waals surface area contributed by atoms with Gasteiger partial charge in [-0.1, -0.05) is 13.0 Å². The zero-order valence-corrected chi connectivity index (χ0v) is 16.3. The Bertz CT molecular complexity index is 681. The second kappa shape index (κ2) is 8.36. The molecule has 1 aromatic heterocycles. The average Bonchev–Trinajstić information content (AvgIpc) is 2.96. The van der Waals surface area contributed by atoms with E-state index in [1.807, 2.05) is 40.0 Å². The maximum atomic E-state index is 10.1. The molecule has 0 spiro atoms. The Morgan fingerprint density at radius 3 is 2.80 bits per heavy atom. The van der Waals surface area contributed by atoms with Crippen molar-refractivity contribution in [3.8, 4) is 0 Å². The second-order valence-corrected chi connectivity index (χ2v) is 8.27. The molecule has 1 aliphatic heterocycles. The molecule has 0 amide bonds. The molecule has 0 fully saturated rings. The van der Waals surface area contributed by atoms with E-state index in [1.165, 1.54) is 11.3 Å². The molecule has 1 aliphatic rings. The molecule has 2 rings (SSSR count). The molecule has 0 aliphatic carbocycles. The topological polar surface area (TPSA) is 91.2 Å². The number of aliphatic hydroxyl groups is 2. The molecule has 0 aromatic carbocycles. The van der Waals surface area contributed by atoms with E-state index < -0.39 is 11.8 Å². The first-order valence-electron chi connectivity index (χ1n) is 8.72. The van der Waals surface area contributed by atoms with Crippen LogP contribution in [0.4, 0.5) is 5.00 Å². The molecule has 4 N–H and O–H groups in total. The van der Waals surface area contributed by atoms with Crippen molar-refractivity contribution in [2.75, 3.05) is 6.54 Å². The van der Waals surface area contributed by atoms with Gasteiger partial charge in [0.1, 0.15) is 11.2 Å². The highest BCUT2D eigenvalue weighted by atomic mass is 32.1. The van der Waals surface area contributed by atoms with Crippen LogP contribution in [0.25, 0.3) is 5.57 Å². The third-order valence-corrected chi connectivity index (χ3v) is 5.82. The summed E-state index contributed by atoms with van der Waals surface area (Å²) in [6.07, 6.45) is 5.57. The van der Waals surface area contributed by atoms with Gasteiger partial charge in [-0.3, -0.25) is 4.99 Å². The third-order valence-electron chi connectivity index (χ3n) is 4.64. The van der Waals surface area contributed by atoms with E-state index in [-0.39, 0.29) is 5.92 Å². The summed E-state index contributed by atoms with van der Waals surface area (Å²) in [5.74, 6) is 0.153. The molecule has 5 nitrogen and oxygen atoms in total. The van der Waals surface area contributed by atoms with Crippen LogP contribution in [0.1, 0.15) is 63.6 Å². The standard InChI is InChI=1S/C19H29N3O2S/c1-12(7-8-13(2)19(3,4)24)16-10-15(17(20)23)18(25-16)22-14-6-5-9-21-11-14/h7,10-11,13,17,23-24H,5-6,8-9,20H2,1-4H3. The van der Waals surface area contributed by atoms with Crippen LogP contribution < -0.4 is 5.73 Å². The van der Waals surface area contributed by atoms with E-state index in [1.54, 1.807) is 0 Å². The number of allylic oxidation sites excluding steroid dienone is 2. The SMILES string of the molecule is CC(=CCC(C)C(C)(C)O)c1cc(C(N)O)c(N=C2C=NCCC2)s1. The summed E-state index contributed by atoms with van der Waals surface area (Å²) in [6, 6.07) is 1.91. The summed E-state index contributed by atoms with van der Waals surface area (Å²) >= 11 is 1.53. The van der Waals surface area contributed by atoms with Crippen LogP contribution in [0.5, 0.6) is 0 Å². The average molecular weight is 364 g/mol. The van der Waals surface area contributed by atoms with Crippen LogP contribution in [0.2, 0.25) is 0 Å². The van der Waals surface area contributed by atoms with E-state index in [2.05, 4.69) is 16.1 Å². The lowest BCUT2D eigenvalue weighted by Crippen LogP contribution is -2.27. The van der Waals surface area contributed by atoms with E-state index >= 15 is 0 Å². The van der Waals surface area contributed by atoms with Crippen LogP contribution >= 0.6 is 11.3 Å². The summed E-state index contributed by atoms with van der Waals surface area (Å²) in [4.78, 5) is 9.96. The molecule has 2 unspecified atom stereocenters. The summed E-state index contributed by atoms with van der Waals surface area (Å²) in [5, 5.41) is 20.7. The van der Waals surface area contributed by atoms with E-state index in [0.29, 0.717) is 5.56 Å². The molecular formula is C19H29N3O2S. The number of rotatable bonds is 6. The highest BCUT2D eigenvalue weighted by Crippen LogP contribution is 2.38. The van der Waals surface area contributed by atoms with Crippen LogP contribution in [0, 0.1) is 5.92 Å². The van der Waals surface area contributed by atoms with E-state index in [9.17, 15) is 10.2 Å². The van der Waals surface area contributed by atoms with Gasteiger partial charge < -0.3 is 15.9 Å². The predicted octanol–water partition coefficient (Wildman–Crippen LogP) is 3.84. The number of aliphatic hydroxyl groups excluding tert-OH is 1. The first kappa shape index (κ1) is 20.0. The Balaban J connectivity index is 2.25. The van der Waals surface area contributed by atoms with Gasteiger partial charge >= 0.3 is 0 Å². The lowest BCUT2D eigenvalue weighted by molar-refractivity contribution is 0.0262. The van der Waals surface area contributed by atoms with Crippen LogP contribution in [0.3, 0.4) is 0 Å². The lowest BCUT2D eigenvalue weighted by Gasteiger charge is -2.24. The van der Waals surface area contributed by atoms with Crippen molar-refractivity contribution in [2.24, 2.45) is 21.6 Å². The molecular weight excluding hydrogens is 334 g/mol. The Morgan fingerprint density at radius 2 is 2.24 bits per heavy atom. The number of hydrogen-bond donors (Lipinski definition) is 3. The maximum absolute atomic E-state index is 10.1. The van der Waals surface area contributed by atoms with Gasteiger partial charge in [-0.05, 0) is 57.6 Å². The highest BCUT2D eigenvalue weighted by Gasteiger charge is 2.21. The van der Waals surface area contributed by atoms with Crippen molar-refractivity contribution >= 4 is 33.8 Å². The van der Waals surface area contributed by atoms with Gasteiger partial charge in [0.05, 0.1) is 11.3 Å². The first-order chi connectivity index (χ1) is 11.7. The van der Waals surface area contributed by atoms with E-state index in [4.69, 9.17) is 5.73 Å². The summed E-state index contributed by atoms with van der Waals surface area (Å²) in [5.41, 5.74) is 7.69. The molecule has 0 radical (unpaired) electrons. The number of hydrogen-bond acceptors (Lipinski definition) is 6. The Kier molecular flexibility index (Phi) is 6.68. The molecule has 1 aromatic rings. The third kappa shape index (κ3) is 5.57. The molecule has 138 valence electrons. The van der Waals surface area contributed by atoms with Gasteiger partial charge in [-0.25, -0.2) is 4.99 Å². The summed E-state index contributed by atoms with van der Waals surface area (Å²) in [6.45, 7) is 8.58. The summed E-state index contributed by atoms with van der Waals surface area (Å²) in [7, 11) is 0. The molecule has 2 atom stereocenters. The van der Waals surface area contributed by atoms with Crippen molar-refractivity contribution in [3.63, 3.8) is 0 Å². The monoisotopic (exact) mass is 363 g/mol.